The van der Waals surface area contributed by atoms with Crippen LogP contribution in [0, 0.1) is 23.5 Å². The predicted octanol–water partition coefficient (Wildman–Crippen LogP) is 9.01. The lowest BCUT2D eigenvalue weighted by Crippen LogP contribution is -2.50. The predicted molar refractivity (Wildman–Crippen MR) is 257 cm³/mol. The second kappa shape index (κ2) is 20.0. The zero-order valence-electron chi connectivity index (χ0n) is 37.4. The molecule has 2 aliphatic heterocycles. The van der Waals surface area contributed by atoms with E-state index in [-0.39, 0.29) is 46.4 Å². The molecule has 4 heterocycles. The molecular weight excluding hydrogens is 946 g/mol. The Balaban J connectivity index is 0.000000174. The van der Waals surface area contributed by atoms with Crippen LogP contribution >= 0.6 is 23.2 Å². The van der Waals surface area contributed by atoms with Crippen molar-refractivity contribution in [2.45, 2.75) is 36.8 Å². The number of rotatable bonds is 16. The van der Waals surface area contributed by atoms with Gasteiger partial charge in [0.2, 0.25) is 0 Å². The first-order valence-electron chi connectivity index (χ1n) is 22.6. The van der Waals surface area contributed by atoms with Crippen molar-refractivity contribution >= 4 is 58.6 Å². The molecule has 4 N–H and O–H groups in total. The summed E-state index contributed by atoms with van der Waals surface area (Å²) in [5.74, 6) is -0.320. The van der Waals surface area contributed by atoms with E-state index in [1.165, 1.54) is 36.7 Å². The highest BCUT2D eigenvalue weighted by atomic mass is 35.5. The zero-order valence-corrected chi connectivity index (χ0v) is 38.9. The maximum Gasteiger partial charge on any atom is 0.335 e. The molecule has 6 aromatic rings. The van der Waals surface area contributed by atoms with Crippen molar-refractivity contribution in [1.29, 1.82) is 0 Å². The van der Waals surface area contributed by atoms with Gasteiger partial charge in [-0.2, -0.15) is 0 Å². The molecule has 2 amide bonds. The van der Waals surface area contributed by atoms with Gasteiger partial charge in [0.15, 0.2) is 0 Å². The van der Waals surface area contributed by atoms with Crippen LogP contribution < -0.4 is 29.9 Å². The van der Waals surface area contributed by atoms with Gasteiger partial charge in [0.25, 0.3) is 11.8 Å². The summed E-state index contributed by atoms with van der Waals surface area (Å²) in [5.41, 5.74) is 1.89. The number of carbonyl (C=O) groups is 4. The van der Waals surface area contributed by atoms with Gasteiger partial charge in [0.1, 0.15) is 34.8 Å². The van der Waals surface area contributed by atoms with E-state index in [9.17, 15) is 28.0 Å². The van der Waals surface area contributed by atoms with E-state index >= 15 is 0 Å². The third-order valence-electron chi connectivity index (χ3n) is 12.8. The van der Waals surface area contributed by atoms with Crippen molar-refractivity contribution in [1.82, 2.24) is 20.6 Å². The van der Waals surface area contributed by atoms with E-state index in [2.05, 4.69) is 20.6 Å². The number of benzene rings is 4. The topological polar surface area (TPSA) is 184 Å². The number of carboxylic acid groups (broad SMARTS) is 2. The highest BCUT2D eigenvalue weighted by Crippen LogP contribution is 2.47. The molecule has 4 aromatic carbocycles. The summed E-state index contributed by atoms with van der Waals surface area (Å²) in [6, 6.07) is 28.2. The minimum Gasteiger partial charge on any atom is -0.493 e. The number of nitrogens with zero attached hydrogens (tertiary/aromatic N) is 4. The van der Waals surface area contributed by atoms with E-state index in [4.69, 9.17) is 42.9 Å². The first-order valence-corrected chi connectivity index (χ1v) is 23.3. The molecule has 0 bridgehead atoms. The van der Waals surface area contributed by atoms with Gasteiger partial charge in [0.05, 0.1) is 56.6 Å². The number of carboxylic acids is 2. The van der Waals surface area contributed by atoms with Crippen LogP contribution in [0.1, 0.15) is 78.2 Å². The van der Waals surface area contributed by atoms with Crippen LogP contribution in [0.15, 0.2) is 122 Å². The number of aromatic nitrogens is 2. The van der Waals surface area contributed by atoms with Gasteiger partial charge in [0, 0.05) is 50.4 Å². The lowest BCUT2D eigenvalue weighted by Gasteiger charge is -2.40. The molecule has 0 unspecified atom stereocenters. The number of anilines is 2. The molecule has 4 fully saturated rings. The van der Waals surface area contributed by atoms with Crippen molar-refractivity contribution in [3.8, 4) is 11.5 Å². The zero-order chi connectivity index (χ0) is 49.2. The molecule has 14 nitrogen and oxygen atoms in total. The molecule has 2 aromatic heterocycles. The van der Waals surface area contributed by atoms with E-state index in [1.807, 2.05) is 9.80 Å². The van der Waals surface area contributed by atoms with Gasteiger partial charge in [-0.25, -0.2) is 28.3 Å². The molecule has 360 valence electrons. The fourth-order valence-electron chi connectivity index (χ4n) is 8.54. The summed E-state index contributed by atoms with van der Waals surface area (Å²) in [4.78, 5) is 61.7. The standard InChI is InChI=1S/2C26H23ClFN3O4/c2*27-19-11-22(24(32)30-26(9-10-26)18-3-1-17(2-4-18)25(33)34)23(29-12-19)31-13-16(14-31)15-35-21-7-5-20(28)6-8-21/h2*1-8,11-12,16H,9-10,13-15H2,(H,30,32)(H,33,34). The average molecular weight is 992 g/mol. The molecular formula is C52H46Cl2F2N6O8. The van der Waals surface area contributed by atoms with E-state index in [1.54, 1.807) is 84.9 Å². The van der Waals surface area contributed by atoms with Gasteiger partial charge in [-0.15, -0.1) is 0 Å². The van der Waals surface area contributed by atoms with Crippen molar-refractivity contribution in [2.24, 2.45) is 11.8 Å². The molecule has 2 saturated carbocycles. The first kappa shape index (κ1) is 47.8. The maximum atomic E-state index is 13.3. The molecule has 0 spiro atoms. The second-order valence-corrected chi connectivity index (χ2v) is 18.8. The van der Waals surface area contributed by atoms with Crippen LogP contribution in [0.5, 0.6) is 11.5 Å². The smallest absolute Gasteiger partial charge is 0.335 e. The number of aromatic carboxylic acids is 2. The fraction of sp³-hybridized carbons (Fsp3) is 0.269. The second-order valence-electron chi connectivity index (χ2n) is 18.0. The van der Waals surface area contributed by atoms with Crippen molar-refractivity contribution in [3.05, 3.63) is 177 Å². The van der Waals surface area contributed by atoms with Crippen molar-refractivity contribution in [3.63, 3.8) is 0 Å². The van der Waals surface area contributed by atoms with Crippen LogP contribution in [0.4, 0.5) is 20.4 Å². The molecule has 0 atom stereocenters. The Kier molecular flexibility index (Phi) is 13.6. The van der Waals surface area contributed by atoms with Gasteiger partial charge < -0.3 is 40.1 Å². The Morgan fingerprint density at radius 3 is 1.23 bits per heavy atom. The summed E-state index contributed by atoms with van der Waals surface area (Å²) in [7, 11) is 0. The van der Waals surface area contributed by atoms with Crippen LogP contribution in [-0.2, 0) is 11.1 Å². The lowest BCUT2D eigenvalue weighted by atomic mass is 9.99. The largest absolute Gasteiger partial charge is 0.493 e. The molecule has 2 saturated heterocycles. The van der Waals surface area contributed by atoms with Crippen LogP contribution in [0.25, 0.3) is 0 Å². The maximum absolute atomic E-state index is 13.3. The Bertz CT molecular complexity index is 2710. The minimum atomic E-state index is -0.990. The van der Waals surface area contributed by atoms with Crippen molar-refractivity contribution in [2.75, 3.05) is 49.2 Å². The summed E-state index contributed by atoms with van der Waals surface area (Å²) in [6.45, 7) is 3.62. The summed E-state index contributed by atoms with van der Waals surface area (Å²) < 4.78 is 37.6. The molecule has 18 heteroatoms. The molecule has 0 radical (unpaired) electrons. The third-order valence-corrected chi connectivity index (χ3v) is 13.3. The number of ether oxygens (including phenoxy) is 2. The van der Waals surface area contributed by atoms with Gasteiger partial charge in [-0.1, -0.05) is 47.5 Å². The SMILES string of the molecule is O=C(O)c1ccc(C2(NC(=O)c3cc(Cl)cnc3N3CC(COc4ccc(F)cc4)C3)CC2)cc1.O=C(O)c1ccc(C2(NC(=O)c3cc(Cl)cnc3N3CC(COc4ccc(F)cc4)C3)CC2)cc1. The summed E-state index contributed by atoms with van der Waals surface area (Å²) in [5, 5.41) is 25.2. The quantitative estimate of drug-likeness (QED) is 0.0723. The number of halogens is 4. The lowest BCUT2D eigenvalue weighted by molar-refractivity contribution is 0.0686. The highest BCUT2D eigenvalue weighted by molar-refractivity contribution is 6.31. The Hall–Kier alpha value is -7.30. The number of hydrogen-bond donors (Lipinski definition) is 4. The van der Waals surface area contributed by atoms with E-state index < -0.39 is 23.0 Å². The summed E-state index contributed by atoms with van der Waals surface area (Å²) in [6.07, 6.45) is 6.10. The van der Waals surface area contributed by atoms with E-state index in [0.717, 1.165) is 36.8 Å². The number of carbonyl (C=O) groups excluding carboxylic acids is 2. The number of amides is 2. The van der Waals surface area contributed by atoms with Crippen LogP contribution in [0.3, 0.4) is 0 Å². The first-order chi connectivity index (χ1) is 33.7. The highest BCUT2D eigenvalue weighted by Gasteiger charge is 2.47. The number of pyridine rings is 2. The molecule has 2 aliphatic carbocycles. The number of nitrogens with one attached hydrogen (secondary N) is 2. The van der Waals surface area contributed by atoms with Crippen LogP contribution in [0.2, 0.25) is 10.0 Å². The summed E-state index contributed by atoms with van der Waals surface area (Å²) >= 11 is 12.3. The molecule has 4 aliphatic rings. The monoisotopic (exact) mass is 990 g/mol. The molecule has 10 rings (SSSR count). The van der Waals surface area contributed by atoms with Crippen LogP contribution in [-0.4, -0.2) is 83.3 Å². The Labute approximate surface area is 411 Å². The third kappa shape index (κ3) is 10.9. The van der Waals surface area contributed by atoms with Crippen molar-refractivity contribution < 1.29 is 47.6 Å². The average Bonchev–Trinajstić information content (AvgIpc) is 4.28. The van der Waals surface area contributed by atoms with E-state index in [0.29, 0.717) is 83.7 Å². The van der Waals surface area contributed by atoms with Gasteiger partial charge in [-0.3, -0.25) is 9.59 Å². The van der Waals surface area contributed by atoms with Gasteiger partial charge >= 0.3 is 11.9 Å². The Morgan fingerprint density at radius 2 is 0.914 bits per heavy atom. The van der Waals surface area contributed by atoms with Gasteiger partial charge in [-0.05, 0) is 122 Å². The fourth-order valence-corrected chi connectivity index (χ4v) is 8.86. The Morgan fingerprint density at radius 1 is 0.571 bits per heavy atom. The number of hydrogen-bond acceptors (Lipinski definition) is 10. The minimum absolute atomic E-state index is 0.202. The molecule has 70 heavy (non-hydrogen) atoms. The normalized spacial score (nSPS) is 16.3.